The third-order valence-corrected chi connectivity index (χ3v) is 13.6. The molecule has 0 aromatic heterocycles. The summed E-state index contributed by atoms with van der Waals surface area (Å²) in [4.78, 5) is 28.5. The molecular weight excluding hydrogens is 550 g/mol. The summed E-state index contributed by atoms with van der Waals surface area (Å²) in [5, 5.41) is 23.4. The summed E-state index contributed by atoms with van der Waals surface area (Å²) in [6.45, 7) is 6.46. The number of aliphatic hydroxyl groups is 2. The lowest BCUT2D eigenvalue weighted by atomic mass is 9.32. The predicted octanol–water partition coefficient (Wildman–Crippen LogP) is 4.94. The zero-order valence-electron chi connectivity index (χ0n) is 25.3. The minimum atomic E-state index is -1.04. The second-order valence-corrected chi connectivity index (χ2v) is 15.2. The molecule has 6 aliphatic carbocycles. The number of ketones is 1. The van der Waals surface area contributed by atoms with Crippen molar-refractivity contribution in [2.75, 3.05) is 19.6 Å². The molecule has 1 aromatic rings. The molecule has 4 N–H and O–H groups in total. The topological polar surface area (TPSA) is 104 Å². The Hall–Kier alpha value is -2.42. The summed E-state index contributed by atoms with van der Waals surface area (Å²) < 4.78 is 28.3. The van der Waals surface area contributed by atoms with E-state index < -0.39 is 39.6 Å². The van der Waals surface area contributed by atoms with Crippen molar-refractivity contribution in [3.05, 3.63) is 59.2 Å². The average molecular weight is 595 g/mol. The van der Waals surface area contributed by atoms with Gasteiger partial charge in [-0.15, -0.1) is 0 Å². The number of nitrogens with two attached hydrogens (primary N) is 1. The van der Waals surface area contributed by atoms with Gasteiger partial charge in [0.1, 0.15) is 0 Å². The van der Waals surface area contributed by atoms with Gasteiger partial charge in [-0.3, -0.25) is 9.59 Å². The van der Waals surface area contributed by atoms with E-state index in [1.165, 1.54) is 6.07 Å². The highest BCUT2D eigenvalue weighted by Crippen LogP contribution is 2.78. The average Bonchev–Trinajstić information content (AvgIpc) is 3.24. The number of carbonyl (C=O) groups is 2. The summed E-state index contributed by atoms with van der Waals surface area (Å²) in [5.41, 5.74) is 3.55. The van der Waals surface area contributed by atoms with E-state index in [1.54, 1.807) is 0 Å². The number of likely N-dealkylation sites (tertiary alicyclic amines) is 1. The number of aliphatic hydroxyl groups excluding tert-OH is 1. The van der Waals surface area contributed by atoms with Crippen molar-refractivity contribution < 1.29 is 28.6 Å². The van der Waals surface area contributed by atoms with E-state index in [4.69, 9.17) is 5.73 Å². The van der Waals surface area contributed by atoms with E-state index >= 15 is 0 Å². The van der Waals surface area contributed by atoms with E-state index in [9.17, 15) is 28.6 Å². The van der Waals surface area contributed by atoms with Crippen LogP contribution < -0.4 is 5.73 Å². The van der Waals surface area contributed by atoms with Crippen LogP contribution in [0.2, 0.25) is 0 Å². The van der Waals surface area contributed by atoms with Crippen LogP contribution in [0.5, 0.6) is 0 Å². The Balaban J connectivity index is 1.30. The number of benzene rings is 1. The minimum Gasteiger partial charge on any atom is -0.393 e. The fourth-order valence-electron chi connectivity index (χ4n) is 11.1. The molecule has 8 atom stereocenters. The van der Waals surface area contributed by atoms with Crippen LogP contribution in [0.3, 0.4) is 0 Å². The lowest BCUT2D eigenvalue weighted by Crippen LogP contribution is -2.67. The zero-order chi connectivity index (χ0) is 30.6. The molecular formula is C35H44F2N2O4. The number of rotatable bonds is 5. The molecule has 6 nitrogen and oxygen atoms in total. The molecule has 1 heterocycles. The number of halogens is 2. The number of carbonyl (C=O) groups excluding carboxylic acids is 2. The Bertz CT molecular complexity index is 1440. The quantitative estimate of drug-likeness (QED) is 0.331. The Labute approximate surface area is 252 Å². The molecule has 8 unspecified atom stereocenters. The maximum atomic E-state index is 14.5. The lowest BCUT2D eigenvalue weighted by Gasteiger charge is -2.71. The Morgan fingerprint density at radius 3 is 2.33 bits per heavy atom. The molecule has 1 aliphatic heterocycles. The first kappa shape index (κ1) is 29.3. The summed E-state index contributed by atoms with van der Waals surface area (Å²) >= 11 is 0. The fourth-order valence-corrected chi connectivity index (χ4v) is 11.1. The molecule has 8 rings (SSSR count). The Morgan fingerprint density at radius 2 is 1.63 bits per heavy atom. The molecule has 4 fully saturated rings. The second kappa shape index (κ2) is 9.54. The van der Waals surface area contributed by atoms with Gasteiger partial charge in [-0.05, 0) is 106 Å². The van der Waals surface area contributed by atoms with Crippen molar-refractivity contribution >= 4 is 11.7 Å². The lowest BCUT2D eigenvalue weighted by molar-refractivity contribution is -0.177. The van der Waals surface area contributed by atoms with Crippen molar-refractivity contribution in [2.24, 2.45) is 45.1 Å². The third kappa shape index (κ3) is 3.84. The molecule has 3 saturated carbocycles. The van der Waals surface area contributed by atoms with Gasteiger partial charge in [0.15, 0.2) is 17.4 Å². The van der Waals surface area contributed by atoms with Crippen molar-refractivity contribution in [1.29, 1.82) is 0 Å². The predicted molar refractivity (Wildman–Crippen MR) is 158 cm³/mol. The standard InChI is InChI=1S/C35H44F2N2O4/c1-31-10-5-23(40)18-33(31)13-14-35(24(19-33)29(41)22-3-4-25(36)26(37)17-22)27(31)6-11-32(2)28(35)7-12-34(32,43)20-39-15-8-21(9-16-39)30(38)42/h3-4,13-14,17,19,21,23,27-28,40,43H,5-12,15-16,18,20H2,1-2H3,(H2,38,42). The number of amides is 1. The summed E-state index contributed by atoms with van der Waals surface area (Å²) in [6.07, 6.45) is 12.6. The van der Waals surface area contributed by atoms with Crippen molar-refractivity contribution in [2.45, 2.75) is 83.3 Å². The van der Waals surface area contributed by atoms with Crippen LogP contribution in [0.25, 0.3) is 0 Å². The first-order chi connectivity index (χ1) is 20.3. The smallest absolute Gasteiger partial charge is 0.220 e. The van der Waals surface area contributed by atoms with E-state index in [-0.39, 0.29) is 40.4 Å². The van der Waals surface area contributed by atoms with E-state index in [2.05, 4.69) is 37.0 Å². The normalized spacial score (nSPS) is 44.0. The first-order valence-corrected chi connectivity index (χ1v) is 16.1. The highest BCUT2D eigenvalue weighted by Gasteiger charge is 2.74. The van der Waals surface area contributed by atoms with Crippen LogP contribution in [-0.2, 0) is 4.79 Å². The number of fused-ring (bicyclic) bond motifs is 1. The van der Waals surface area contributed by atoms with Crippen LogP contribution in [-0.4, -0.2) is 58.1 Å². The minimum absolute atomic E-state index is 0.0226. The van der Waals surface area contributed by atoms with Gasteiger partial charge < -0.3 is 20.8 Å². The number of allylic oxidation sites excluding steroid dienone is 4. The van der Waals surface area contributed by atoms with Gasteiger partial charge in [0.2, 0.25) is 5.91 Å². The van der Waals surface area contributed by atoms with Gasteiger partial charge in [-0.1, -0.05) is 32.1 Å². The maximum absolute atomic E-state index is 14.5. The van der Waals surface area contributed by atoms with Crippen LogP contribution in [0.15, 0.2) is 42.0 Å². The SMILES string of the molecule is CC12CCC(O)CC13C=CC1(C(C(=O)c4ccc(F)c(F)c4)=C3)C2CCC2(C)C1CCC2(O)CN1CCC(C(N)=O)CC1. The Kier molecular flexibility index (Phi) is 6.50. The molecule has 1 saturated heterocycles. The summed E-state index contributed by atoms with van der Waals surface area (Å²) in [5.74, 6) is -2.59. The summed E-state index contributed by atoms with van der Waals surface area (Å²) in [6, 6.07) is 3.39. The molecule has 1 amide bonds. The van der Waals surface area contributed by atoms with Crippen LogP contribution >= 0.6 is 0 Å². The number of nitrogens with zero attached hydrogens (tertiary/aromatic N) is 1. The van der Waals surface area contributed by atoms with Gasteiger partial charge in [0, 0.05) is 39.8 Å². The second-order valence-electron chi connectivity index (χ2n) is 15.2. The van der Waals surface area contributed by atoms with E-state index in [0.717, 1.165) is 37.8 Å². The third-order valence-electron chi connectivity index (χ3n) is 13.6. The molecule has 2 spiro atoms. The fraction of sp³-hybridized carbons (Fsp3) is 0.657. The van der Waals surface area contributed by atoms with Gasteiger partial charge in [0.25, 0.3) is 0 Å². The van der Waals surface area contributed by atoms with Crippen molar-refractivity contribution in [3.63, 3.8) is 0 Å². The molecule has 43 heavy (non-hydrogen) atoms. The molecule has 232 valence electrons. The largest absolute Gasteiger partial charge is 0.393 e. The number of piperidine rings is 1. The summed E-state index contributed by atoms with van der Waals surface area (Å²) in [7, 11) is 0. The van der Waals surface area contributed by atoms with Gasteiger partial charge >= 0.3 is 0 Å². The number of hydrogen-bond donors (Lipinski definition) is 3. The maximum Gasteiger partial charge on any atom is 0.220 e. The molecule has 1 aromatic carbocycles. The highest BCUT2D eigenvalue weighted by molar-refractivity contribution is 6.10. The van der Waals surface area contributed by atoms with Gasteiger partial charge in [-0.25, -0.2) is 8.78 Å². The van der Waals surface area contributed by atoms with E-state index in [1.807, 2.05) is 0 Å². The van der Waals surface area contributed by atoms with E-state index in [0.29, 0.717) is 57.3 Å². The number of primary amides is 1. The monoisotopic (exact) mass is 594 g/mol. The Morgan fingerprint density at radius 1 is 0.953 bits per heavy atom. The molecule has 0 radical (unpaired) electrons. The van der Waals surface area contributed by atoms with Gasteiger partial charge in [-0.2, -0.15) is 0 Å². The van der Waals surface area contributed by atoms with Crippen LogP contribution in [0.4, 0.5) is 8.78 Å². The molecule has 7 aliphatic rings. The first-order valence-electron chi connectivity index (χ1n) is 16.1. The number of hydrogen-bond acceptors (Lipinski definition) is 5. The number of Topliss-reactive ketones (excluding diaryl/α,β-unsaturated/α-hetero) is 1. The molecule has 2 bridgehead atoms. The van der Waals surface area contributed by atoms with Crippen LogP contribution in [0, 0.1) is 51.0 Å². The highest BCUT2D eigenvalue weighted by atomic mass is 19.2. The van der Waals surface area contributed by atoms with Crippen molar-refractivity contribution in [1.82, 2.24) is 4.90 Å². The van der Waals surface area contributed by atoms with Crippen molar-refractivity contribution in [3.8, 4) is 0 Å². The number of β-amino-alcohol motifs (C(OH)–C–C–N with tert-alkyl or cyclic N) is 1. The van der Waals surface area contributed by atoms with Crippen LogP contribution in [0.1, 0.15) is 82.0 Å². The molecule has 8 heteroatoms. The zero-order valence-corrected chi connectivity index (χ0v) is 25.3. The van der Waals surface area contributed by atoms with Gasteiger partial charge in [0.05, 0.1) is 11.7 Å².